The fraction of sp³-hybridized carbons (Fsp3) is 0.227. The monoisotopic (exact) mass is 443 g/mol. The van der Waals surface area contributed by atoms with E-state index in [1.165, 1.54) is 37.1 Å². The van der Waals surface area contributed by atoms with E-state index in [-0.39, 0.29) is 16.3 Å². The molecule has 154 valence electrons. The van der Waals surface area contributed by atoms with Crippen molar-refractivity contribution >= 4 is 58.5 Å². The van der Waals surface area contributed by atoms with Gasteiger partial charge in [-0.05, 0) is 67.3 Å². The molecule has 0 saturated carbocycles. The van der Waals surface area contributed by atoms with E-state index in [4.69, 9.17) is 23.2 Å². The van der Waals surface area contributed by atoms with Crippen LogP contribution in [0.5, 0.6) is 0 Å². The highest BCUT2D eigenvalue weighted by atomic mass is 35.5. The number of hydrogen-bond donors (Lipinski definition) is 1. The first-order valence-corrected chi connectivity index (χ1v) is 10.3. The van der Waals surface area contributed by atoms with Crippen LogP contribution in [0.25, 0.3) is 6.08 Å². The number of benzene rings is 2. The van der Waals surface area contributed by atoms with Gasteiger partial charge in [0.05, 0.1) is 10.7 Å². The maximum absolute atomic E-state index is 13.1. The molecular weight excluding hydrogens is 425 g/mol. The standard InChI is InChI=1S/C22H19Cl2N3O3/c1-13-10-16(26-8-2-3-9-26)6-4-14(13)11-17-20(28)25-22(30)27(21(17)29)19-7-5-15(23)12-18(19)24/h4-7,10-12H,2-3,8-9H2,1H3,(H,25,28,30)/b17-11+. The first kappa shape index (κ1) is 20.4. The van der Waals surface area contributed by atoms with Crippen molar-refractivity contribution in [1.29, 1.82) is 0 Å². The molecule has 2 saturated heterocycles. The van der Waals surface area contributed by atoms with Crippen LogP contribution >= 0.6 is 23.2 Å². The molecule has 4 rings (SSSR count). The van der Waals surface area contributed by atoms with Crippen molar-refractivity contribution in [3.8, 4) is 0 Å². The molecule has 0 atom stereocenters. The van der Waals surface area contributed by atoms with E-state index in [0.29, 0.717) is 5.02 Å². The second kappa shape index (κ2) is 8.13. The van der Waals surface area contributed by atoms with Gasteiger partial charge >= 0.3 is 6.03 Å². The van der Waals surface area contributed by atoms with Crippen LogP contribution in [0, 0.1) is 6.92 Å². The number of nitrogens with zero attached hydrogens (tertiary/aromatic N) is 2. The molecule has 0 radical (unpaired) electrons. The summed E-state index contributed by atoms with van der Waals surface area (Å²) in [7, 11) is 0. The van der Waals surface area contributed by atoms with Crippen LogP contribution in [-0.2, 0) is 9.59 Å². The zero-order chi connectivity index (χ0) is 21.4. The van der Waals surface area contributed by atoms with Crippen molar-refractivity contribution in [2.24, 2.45) is 0 Å². The van der Waals surface area contributed by atoms with Crippen LogP contribution in [0.3, 0.4) is 0 Å². The topological polar surface area (TPSA) is 69.7 Å². The second-order valence-electron chi connectivity index (χ2n) is 7.29. The molecule has 0 bridgehead atoms. The Bertz CT molecular complexity index is 1090. The van der Waals surface area contributed by atoms with Gasteiger partial charge in [0.2, 0.25) is 0 Å². The van der Waals surface area contributed by atoms with Gasteiger partial charge in [-0.2, -0.15) is 0 Å². The van der Waals surface area contributed by atoms with Crippen molar-refractivity contribution in [3.63, 3.8) is 0 Å². The third kappa shape index (κ3) is 3.80. The van der Waals surface area contributed by atoms with Gasteiger partial charge in [0, 0.05) is 23.8 Å². The number of aryl methyl sites for hydroxylation is 1. The van der Waals surface area contributed by atoms with E-state index in [9.17, 15) is 14.4 Å². The Balaban J connectivity index is 1.69. The van der Waals surface area contributed by atoms with Gasteiger partial charge in [-0.3, -0.25) is 14.9 Å². The zero-order valence-electron chi connectivity index (χ0n) is 16.2. The second-order valence-corrected chi connectivity index (χ2v) is 8.13. The van der Waals surface area contributed by atoms with E-state index in [1.54, 1.807) is 0 Å². The number of nitrogens with one attached hydrogen (secondary N) is 1. The highest BCUT2D eigenvalue weighted by Gasteiger charge is 2.37. The molecule has 0 spiro atoms. The smallest absolute Gasteiger partial charge is 0.335 e. The quantitative estimate of drug-likeness (QED) is 0.557. The maximum atomic E-state index is 13.1. The normalized spacial score (nSPS) is 18.4. The minimum absolute atomic E-state index is 0.130. The minimum atomic E-state index is -0.854. The van der Waals surface area contributed by atoms with Crippen LogP contribution in [0.2, 0.25) is 10.0 Å². The van der Waals surface area contributed by atoms with Crippen LogP contribution in [0.15, 0.2) is 42.0 Å². The van der Waals surface area contributed by atoms with Gasteiger partial charge < -0.3 is 4.90 Å². The number of hydrogen-bond acceptors (Lipinski definition) is 4. The number of barbiturate groups is 1. The Kier molecular flexibility index (Phi) is 5.54. The number of urea groups is 1. The number of amides is 4. The summed E-state index contributed by atoms with van der Waals surface area (Å²) < 4.78 is 0. The lowest BCUT2D eigenvalue weighted by Gasteiger charge is -2.27. The third-order valence-electron chi connectivity index (χ3n) is 5.28. The number of carbonyl (C=O) groups is 3. The van der Waals surface area contributed by atoms with Crippen molar-refractivity contribution in [1.82, 2.24) is 5.32 Å². The molecule has 0 aromatic heterocycles. The molecule has 2 aliphatic heterocycles. The molecule has 6 nitrogen and oxygen atoms in total. The predicted molar refractivity (Wildman–Crippen MR) is 118 cm³/mol. The van der Waals surface area contributed by atoms with E-state index >= 15 is 0 Å². The Hall–Kier alpha value is -2.83. The van der Waals surface area contributed by atoms with Gasteiger partial charge in [-0.1, -0.05) is 29.3 Å². The molecule has 2 fully saturated rings. The number of anilines is 2. The lowest BCUT2D eigenvalue weighted by molar-refractivity contribution is -0.122. The molecule has 2 aliphatic rings. The number of carbonyl (C=O) groups excluding carboxylic acids is 3. The first-order chi connectivity index (χ1) is 14.3. The maximum Gasteiger partial charge on any atom is 0.335 e. The first-order valence-electron chi connectivity index (χ1n) is 9.57. The van der Waals surface area contributed by atoms with Crippen molar-refractivity contribution in [3.05, 3.63) is 63.1 Å². The predicted octanol–water partition coefficient (Wildman–Crippen LogP) is 4.57. The number of halogens is 2. The van der Waals surface area contributed by atoms with E-state index in [1.807, 2.05) is 25.1 Å². The van der Waals surface area contributed by atoms with E-state index in [0.717, 1.165) is 34.8 Å². The molecule has 1 N–H and O–H groups in total. The molecule has 0 aliphatic carbocycles. The van der Waals surface area contributed by atoms with Crippen LogP contribution < -0.4 is 15.1 Å². The fourth-order valence-electron chi connectivity index (χ4n) is 3.69. The number of imide groups is 2. The SMILES string of the molecule is Cc1cc(N2CCCC2)ccc1/C=C1\C(=O)NC(=O)N(c2ccc(Cl)cc2Cl)C1=O. The van der Waals surface area contributed by atoms with Crippen molar-refractivity contribution in [2.45, 2.75) is 19.8 Å². The molecule has 2 heterocycles. The van der Waals surface area contributed by atoms with E-state index < -0.39 is 17.8 Å². The summed E-state index contributed by atoms with van der Waals surface area (Å²) in [6, 6.07) is 9.46. The summed E-state index contributed by atoms with van der Waals surface area (Å²) in [6.07, 6.45) is 3.86. The summed E-state index contributed by atoms with van der Waals surface area (Å²) in [5.41, 5.74) is 2.80. The summed E-state index contributed by atoms with van der Waals surface area (Å²) in [5, 5.41) is 2.71. The van der Waals surface area contributed by atoms with Gasteiger partial charge in [-0.15, -0.1) is 0 Å². The molecule has 4 amide bonds. The Labute approximate surface area is 184 Å². The highest BCUT2D eigenvalue weighted by molar-refractivity contribution is 6.42. The van der Waals surface area contributed by atoms with Crippen LogP contribution in [-0.4, -0.2) is 30.9 Å². The van der Waals surface area contributed by atoms with E-state index in [2.05, 4.69) is 10.2 Å². The molecule has 30 heavy (non-hydrogen) atoms. The van der Waals surface area contributed by atoms with Gasteiger partial charge in [0.25, 0.3) is 11.8 Å². The minimum Gasteiger partial charge on any atom is -0.372 e. The lowest BCUT2D eigenvalue weighted by Crippen LogP contribution is -2.54. The summed E-state index contributed by atoms with van der Waals surface area (Å²) in [5.74, 6) is -1.48. The Morgan fingerprint density at radius 2 is 1.73 bits per heavy atom. The summed E-state index contributed by atoms with van der Waals surface area (Å²) in [6.45, 7) is 3.98. The van der Waals surface area contributed by atoms with Gasteiger partial charge in [0.15, 0.2) is 0 Å². The fourth-order valence-corrected chi connectivity index (χ4v) is 4.18. The largest absolute Gasteiger partial charge is 0.372 e. The van der Waals surface area contributed by atoms with Crippen molar-refractivity contribution < 1.29 is 14.4 Å². The van der Waals surface area contributed by atoms with Crippen LogP contribution in [0.1, 0.15) is 24.0 Å². The average molecular weight is 444 g/mol. The molecule has 8 heteroatoms. The molecule has 2 aromatic carbocycles. The van der Waals surface area contributed by atoms with Gasteiger partial charge in [-0.25, -0.2) is 9.69 Å². The third-order valence-corrected chi connectivity index (χ3v) is 5.81. The van der Waals surface area contributed by atoms with Gasteiger partial charge in [0.1, 0.15) is 5.57 Å². The summed E-state index contributed by atoms with van der Waals surface area (Å²) >= 11 is 12.1. The Morgan fingerprint density at radius 1 is 1.00 bits per heavy atom. The number of rotatable bonds is 3. The van der Waals surface area contributed by atoms with Crippen LogP contribution in [0.4, 0.5) is 16.2 Å². The summed E-state index contributed by atoms with van der Waals surface area (Å²) in [4.78, 5) is 41.0. The lowest BCUT2D eigenvalue weighted by atomic mass is 10.0. The average Bonchev–Trinajstić information content (AvgIpc) is 3.22. The zero-order valence-corrected chi connectivity index (χ0v) is 17.8. The van der Waals surface area contributed by atoms with Crippen molar-refractivity contribution in [2.75, 3.05) is 22.9 Å². The molecule has 2 aromatic rings. The molecular formula is C22H19Cl2N3O3. The highest BCUT2D eigenvalue weighted by Crippen LogP contribution is 2.32. The Morgan fingerprint density at radius 3 is 2.40 bits per heavy atom. The molecule has 0 unspecified atom stereocenters.